The first kappa shape index (κ1) is 17.8. The van der Waals surface area contributed by atoms with Crippen LogP contribution >= 0.6 is 0 Å². The Morgan fingerprint density at radius 1 is 1.08 bits per heavy atom. The van der Waals surface area contributed by atoms with Crippen molar-refractivity contribution in [2.24, 2.45) is 0 Å². The second-order valence-corrected chi connectivity index (χ2v) is 7.89. The number of nitrogen functional groups attached to an aromatic ring is 1. The van der Waals surface area contributed by atoms with Gasteiger partial charge in [-0.15, -0.1) is 0 Å². The normalized spacial score (nSPS) is 12.1. The summed E-state index contributed by atoms with van der Waals surface area (Å²) in [6, 6.07) is 9.39. The summed E-state index contributed by atoms with van der Waals surface area (Å²) in [6.07, 6.45) is 0. The number of nitrogens with two attached hydrogens (primary N) is 1. The minimum Gasteiger partial charge on any atom is -0.382 e. The summed E-state index contributed by atoms with van der Waals surface area (Å²) in [5.74, 6) is 0.436. The van der Waals surface area contributed by atoms with Gasteiger partial charge in [0.25, 0.3) is 0 Å². The number of aromatic nitrogens is 2. The van der Waals surface area contributed by atoms with Crippen LogP contribution in [0, 0.1) is 0 Å². The Morgan fingerprint density at radius 2 is 1.67 bits per heavy atom. The van der Waals surface area contributed by atoms with Gasteiger partial charge in [0.05, 0.1) is 5.54 Å². The number of carbonyl (C=O) groups is 1. The summed E-state index contributed by atoms with van der Waals surface area (Å²) in [5, 5.41) is 10.4. The highest BCUT2D eigenvalue weighted by Crippen LogP contribution is 2.35. The molecule has 1 heterocycles. The van der Waals surface area contributed by atoms with E-state index >= 15 is 0 Å². The Hall–Kier alpha value is -2.50. The lowest BCUT2D eigenvalue weighted by atomic mass is 10.1. The molecule has 0 radical (unpaired) electrons. The molecule has 24 heavy (non-hydrogen) atoms. The number of amides is 2. The zero-order valence-electron chi connectivity index (χ0n) is 15.3. The van der Waals surface area contributed by atoms with Crippen molar-refractivity contribution in [3.05, 3.63) is 30.3 Å². The third kappa shape index (κ3) is 4.07. The maximum atomic E-state index is 12.3. The molecule has 0 aliphatic rings. The van der Waals surface area contributed by atoms with Crippen molar-refractivity contribution in [3.63, 3.8) is 0 Å². The number of nitrogens with zero attached hydrogens (tertiary/aromatic N) is 2. The average Bonchev–Trinajstić information content (AvgIpc) is 2.75. The van der Waals surface area contributed by atoms with E-state index in [1.807, 2.05) is 71.9 Å². The first-order chi connectivity index (χ1) is 11.0. The van der Waals surface area contributed by atoms with Crippen molar-refractivity contribution in [1.29, 1.82) is 0 Å². The molecule has 2 rings (SSSR count). The minimum absolute atomic E-state index is 0.298. The third-order valence-corrected chi connectivity index (χ3v) is 3.33. The molecule has 4 N–H and O–H groups in total. The van der Waals surface area contributed by atoms with Crippen molar-refractivity contribution in [2.75, 3.05) is 11.1 Å². The van der Waals surface area contributed by atoms with Crippen LogP contribution in [0.3, 0.4) is 0 Å². The summed E-state index contributed by atoms with van der Waals surface area (Å²) in [5.41, 5.74) is 7.74. The van der Waals surface area contributed by atoms with Crippen LogP contribution in [0.25, 0.3) is 11.3 Å². The number of hydrogen-bond acceptors (Lipinski definition) is 3. The van der Waals surface area contributed by atoms with Gasteiger partial charge < -0.3 is 16.4 Å². The smallest absolute Gasteiger partial charge is 0.319 e. The summed E-state index contributed by atoms with van der Waals surface area (Å²) in [4.78, 5) is 12.3. The fourth-order valence-corrected chi connectivity index (χ4v) is 2.35. The van der Waals surface area contributed by atoms with Crippen molar-refractivity contribution in [3.8, 4) is 11.3 Å². The number of urea groups is 1. The highest BCUT2D eigenvalue weighted by molar-refractivity contribution is 5.97. The summed E-state index contributed by atoms with van der Waals surface area (Å²) >= 11 is 0. The van der Waals surface area contributed by atoms with Crippen LogP contribution in [0.5, 0.6) is 0 Å². The summed E-state index contributed by atoms with van der Waals surface area (Å²) in [7, 11) is 0. The van der Waals surface area contributed by atoms with E-state index in [0.717, 1.165) is 5.56 Å². The number of rotatable bonds is 2. The summed E-state index contributed by atoms with van der Waals surface area (Å²) < 4.78 is 1.74. The van der Waals surface area contributed by atoms with Gasteiger partial charge in [0.1, 0.15) is 17.2 Å². The average molecular weight is 329 g/mol. The molecule has 2 amide bonds. The Morgan fingerprint density at radius 3 is 2.17 bits per heavy atom. The lowest BCUT2D eigenvalue weighted by Gasteiger charge is -2.22. The zero-order valence-corrected chi connectivity index (χ0v) is 15.3. The standard InChI is InChI=1S/C18H27N5O/c1-17(2,3)21-16(24)20-14-13(12-10-8-7-9-11-12)22-23(15(14)19)18(4,5)6/h7-11H,19H2,1-6H3,(H2,20,21,24). The number of nitrogens with one attached hydrogen (secondary N) is 2. The van der Waals surface area contributed by atoms with Crippen LogP contribution in [0.4, 0.5) is 16.3 Å². The van der Waals surface area contributed by atoms with Gasteiger partial charge in [-0.2, -0.15) is 5.10 Å². The van der Waals surface area contributed by atoms with Crippen LogP contribution < -0.4 is 16.4 Å². The highest BCUT2D eigenvalue weighted by Gasteiger charge is 2.26. The SMILES string of the molecule is CC(C)(C)NC(=O)Nc1c(-c2ccccc2)nn(C(C)(C)C)c1N. The van der Waals surface area contributed by atoms with E-state index in [-0.39, 0.29) is 17.1 Å². The van der Waals surface area contributed by atoms with Crippen molar-refractivity contribution in [1.82, 2.24) is 15.1 Å². The van der Waals surface area contributed by atoms with E-state index < -0.39 is 0 Å². The molecule has 6 nitrogen and oxygen atoms in total. The molecule has 130 valence electrons. The van der Waals surface area contributed by atoms with E-state index in [1.54, 1.807) is 4.68 Å². The van der Waals surface area contributed by atoms with Crippen LogP contribution in [0.2, 0.25) is 0 Å². The highest BCUT2D eigenvalue weighted by atomic mass is 16.2. The summed E-state index contributed by atoms with van der Waals surface area (Å²) in [6.45, 7) is 11.8. The predicted octanol–water partition coefficient (Wildman–Crippen LogP) is 3.81. The Kier molecular flexibility index (Phi) is 4.60. The first-order valence-electron chi connectivity index (χ1n) is 8.02. The number of carbonyl (C=O) groups excluding carboxylic acids is 1. The lowest BCUT2D eigenvalue weighted by Crippen LogP contribution is -2.43. The van der Waals surface area contributed by atoms with Gasteiger partial charge >= 0.3 is 6.03 Å². The van der Waals surface area contributed by atoms with E-state index in [0.29, 0.717) is 17.2 Å². The van der Waals surface area contributed by atoms with Gasteiger partial charge in [-0.1, -0.05) is 30.3 Å². The first-order valence-corrected chi connectivity index (χ1v) is 8.02. The molecule has 0 aliphatic carbocycles. The van der Waals surface area contributed by atoms with Crippen LogP contribution in [0.1, 0.15) is 41.5 Å². The van der Waals surface area contributed by atoms with E-state index in [1.165, 1.54) is 0 Å². The fourth-order valence-electron chi connectivity index (χ4n) is 2.35. The van der Waals surface area contributed by atoms with E-state index in [9.17, 15) is 4.79 Å². The predicted molar refractivity (Wildman–Crippen MR) is 99.0 cm³/mol. The quantitative estimate of drug-likeness (QED) is 0.783. The Balaban J connectivity index is 2.48. The Labute approximate surface area is 143 Å². The number of hydrogen-bond donors (Lipinski definition) is 3. The molecule has 0 spiro atoms. The fraction of sp³-hybridized carbons (Fsp3) is 0.444. The molecule has 6 heteroatoms. The van der Waals surface area contributed by atoms with Crippen molar-refractivity contribution >= 4 is 17.5 Å². The van der Waals surface area contributed by atoms with Crippen molar-refractivity contribution < 1.29 is 4.79 Å². The van der Waals surface area contributed by atoms with Gasteiger partial charge in [0.15, 0.2) is 0 Å². The molecule has 0 fully saturated rings. The molecule has 0 atom stereocenters. The van der Waals surface area contributed by atoms with Gasteiger partial charge in [-0.05, 0) is 41.5 Å². The molecule has 0 aliphatic heterocycles. The van der Waals surface area contributed by atoms with Gasteiger partial charge in [-0.3, -0.25) is 0 Å². The van der Waals surface area contributed by atoms with E-state index in [2.05, 4.69) is 15.7 Å². The van der Waals surface area contributed by atoms with E-state index in [4.69, 9.17) is 5.73 Å². The third-order valence-electron chi connectivity index (χ3n) is 3.33. The molecular formula is C18H27N5O. The topological polar surface area (TPSA) is 85.0 Å². The van der Waals surface area contributed by atoms with Crippen molar-refractivity contribution in [2.45, 2.75) is 52.6 Å². The van der Waals surface area contributed by atoms with Gasteiger partial charge in [0.2, 0.25) is 0 Å². The largest absolute Gasteiger partial charge is 0.382 e. The van der Waals surface area contributed by atoms with Crippen LogP contribution in [-0.2, 0) is 5.54 Å². The lowest BCUT2D eigenvalue weighted by molar-refractivity contribution is 0.244. The molecule has 0 saturated carbocycles. The number of anilines is 2. The maximum absolute atomic E-state index is 12.3. The van der Waals surface area contributed by atoms with Crippen LogP contribution in [-0.4, -0.2) is 21.4 Å². The Bertz CT molecular complexity index is 720. The molecule has 0 bridgehead atoms. The molecule has 1 aromatic heterocycles. The van der Waals surface area contributed by atoms with Gasteiger partial charge in [0, 0.05) is 11.1 Å². The second-order valence-electron chi connectivity index (χ2n) is 7.89. The zero-order chi connectivity index (χ0) is 18.1. The van der Waals surface area contributed by atoms with Crippen LogP contribution in [0.15, 0.2) is 30.3 Å². The molecule has 1 aromatic carbocycles. The van der Waals surface area contributed by atoms with Gasteiger partial charge in [-0.25, -0.2) is 9.48 Å². The minimum atomic E-state index is -0.341. The molecule has 0 unspecified atom stereocenters. The second kappa shape index (κ2) is 6.19. The molecular weight excluding hydrogens is 302 g/mol. The maximum Gasteiger partial charge on any atom is 0.319 e. The monoisotopic (exact) mass is 329 g/mol. The molecule has 2 aromatic rings. The number of benzene rings is 1. The molecule has 0 saturated heterocycles.